The molecule has 2 atom stereocenters. The molecule has 5 rings (SSSR count). The molecule has 228 valence electrons. The molecule has 0 radical (unpaired) electrons. The Labute approximate surface area is 257 Å². The molecule has 1 fully saturated rings. The van der Waals surface area contributed by atoms with Crippen LogP contribution in [0, 0.1) is 0 Å². The summed E-state index contributed by atoms with van der Waals surface area (Å²) in [5, 5.41) is 0. The quantitative estimate of drug-likeness (QED) is 0.269. The molecule has 6 nitrogen and oxygen atoms in total. The van der Waals surface area contributed by atoms with Gasteiger partial charge in [-0.05, 0) is 108 Å². The van der Waals surface area contributed by atoms with E-state index in [4.69, 9.17) is 9.47 Å². The van der Waals surface area contributed by atoms with Gasteiger partial charge in [0, 0.05) is 30.9 Å². The first-order chi connectivity index (χ1) is 20.3. The van der Waals surface area contributed by atoms with Gasteiger partial charge in [0.25, 0.3) is 5.91 Å². The number of anilines is 1. The van der Waals surface area contributed by atoms with Gasteiger partial charge in [-0.15, -0.1) is 0 Å². The summed E-state index contributed by atoms with van der Waals surface area (Å²) in [7, 11) is 0. The monoisotopic (exact) mass is 582 g/mol. The summed E-state index contributed by atoms with van der Waals surface area (Å²) in [6, 6.07) is 24.8. The minimum atomic E-state index is -0.842. The molecule has 1 amide bonds. The van der Waals surface area contributed by atoms with E-state index in [0.717, 1.165) is 37.2 Å². The van der Waals surface area contributed by atoms with Crippen molar-refractivity contribution in [3.63, 3.8) is 0 Å². The van der Waals surface area contributed by atoms with Crippen LogP contribution in [0.4, 0.5) is 5.69 Å². The molecule has 0 saturated carbocycles. The van der Waals surface area contributed by atoms with E-state index in [9.17, 15) is 9.59 Å². The normalized spacial score (nSPS) is 17.5. The predicted octanol–water partition coefficient (Wildman–Crippen LogP) is 7.61. The van der Waals surface area contributed by atoms with Crippen molar-refractivity contribution in [1.29, 1.82) is 0 Å². The molecule has 43 heavy (non-hydrogen) atoms. The number of ether oxygens (including phenoxy) is 2. The van der Waals surface area contributed by atoms with Crippen LogP contribution in [0.1, 0.15) is 88.7 Å². The van der Waals surface area contributed by atoms with E-state index in [2.05, 4.69) is 59.5 Å². The second kappa shape index (κ2) is 12.2. The lowest BCUT2D eigenvalue weighted by atomic mass is 9.88. The zero-order valence-electron chi connectivity index (χ0n) is 26.7. The number of rotatable bonds is 7. The molecule has 0 N–H and O–H groups in total. The van der Waals surface area contributed by atoms with Crippen molar-refractivity contribution in [3.8, 4) is 11.1 Å². The van der Waals surface area contributed by atoms with Crippen LogP contribution in [-0.4, -0.2) is 53.2 Å². The van der Waals surface area contributed by atoms with E-state index in [0.29, 0.717) is 18.0 Å². The zero-order chi connectivity index (χ0) is 30.9. The molecule has 0 bridgehead atoms. The summed E-state index contributed by atoms with van der Waals surface area (Å²) >= 11 is 0. The molecule has 0 unspecified atom stereocenters. The van der Waals surface area contributed by atoms with Crippen molar-refractivity contribution in [1.82, 2.24) is 4.90 Å². The van der Waals surface area contributed by atoms with Crippen molar-refractivity contribution in [2.75, 3.05) is 18.0 Å². The molecule has 3 aromatic carbocycles. The first-order valence-corrected chi connectivity index (χ1v) is 15.5. The van der Waals surface area contributed by atoms with Gasteiger partial charge in [-0.25, -0.2) is 4.79 Å². The average Bonchev–Trinajstić information content (AvgIpc) is 3.26. The van der Waals surface area contributed by atoms with Crippen LogP contribution in [0.3, 0.4) is 0 Å². The van der Waals surface area contributed by atoms with E-state index in [1.165, 1.54) is 16.7 Å². The van der Waals surface area contributed by atoms with Gasteiger partial charge >= 0.3 is 5.97 Å². The number of benzene rings is 3. The summed E-state index contributed by atoms with van der Waals surface area (Å²) in [5.41, 5.74) is 5.45. The maximum absolute atomic E-state index is 13.6. The standard InChI is InChI=1S/C37H46N2O4/c1-25(42-36(2,3)4)33(35(41)43-37(5,6)7)39-24-30-23-31(17-18-32(30)34(39)40)38-21-19-29(20-22-38)28-15-13-27(14-16-28)26-11-9-8-10-12-26/h8-18,23,25,29,33H,19-22,24H2,1-7H3/t25-,33+/m1/s1. The fourth-order valence-electron chi connectivity index (χ4n) is 6.36. The maximum atomic E-state index is 13.6. The molecular weight excluding hydrogens is 536 g/mol. The Morgan fingerprint density at radius 2 is 1.47 bits per heavy atom. The molecule has 0 aromatic heterocycles. The minimum absolute atomic E-state index is 0.153. The van der Waals surface area contributed by atoms with Crippen molar-refractivity contribution in [2.24, 2.45) is 0 Å². The van der Waals surface area contributed by atoms with E-state index in [-0.39, 0.29) is 5.91 Å². The molecule has 2 aliphatic heterocycles. The first-order valence-electron chi connectivity index (χ1n) is 15.5. The van der Waals surface area contributed by atoms with Gasteiger partial charge in [0.2, 0.25) is 0 Å². The highest BCUT2D eigenvalue weighted by Crippen LogP contribution is 2.35. The predicted molar refractivity (Wildman–Crippen MR) is 172 cm³/mol. The molecule has 3 aromatic rings. The second-order valence-corrected chi connectivity index (χ2v) is 13.9. The number of esters is 1. The van der Waals surface area contributed by atoms with E-state index in [1.54, 1.807) is 4.90 Å². The number of nitrogens with zero attached hydrogens (tertiary/aromatic N) is 2. The Kier molecular flexibility index (Phi) is 8.71. The van der Waals surface area contributed by atoms with Gasteiger partial charge in [-0.3, -0.25) is 4.79 Å². The molecule has 1 saturated heterocycles. The van der Waals surface area contributed by atoms with E-state index < -0.39 is 29.3 Å². The minimum Gasteiger partial charge on any atom is -0.458 e. The van der Waals surface area contributed by atoms with Crippen LogP contribution in [0.25, 0.3) is 11.1 Å². The SMILES string of the molecule is C[C@@H](OC(C)(C)C)[C@@H](C(=O)OC(C)(C)C)N1Cc2cc(N3CCC(c4ccc(-c5ccccc5)cc4)CC3)ccc2C1=O. The van der Waals surface area contributed by atoms with Crippen LogP contribution >= 0.6 is 0 Å². The molecule has 0 aliphatic carbocycles. The second-order valence-electron chi connectivity index (χ2n) is 13.9. The lowest BCUT2D eigenvalue weighted by Gasteiger charge is -2.36. The van der Waals surface area contributed by atoms with Crippen molar-refractivity contribution in [3.05, 3.63) is 89.5 Å². The largest absolute Gasteiger partial charge is 0.458 e. The molecular formula is C37H46N2O4. The summed E-state index contributed by atoms with van der Waals surface area (Å²) in [4.78, 5) is 31.1. The van der Waals surface area contributed by atoms with Crippen molar-refractivity contribution in [2.45, 2.75) is 97.1 Å². The van der Waals surface area contributed by atoms with E-state index >= 15 is 0 Å². The van der Waals surface area contributed by atoms with Gasteiger partial charge in [0.1, 0.15) is 5.60 Å². The van der Waals surface area contributed by atoms with Gasteiger partial charge in [0.15, 0.2) is 6.04 Å². The molecule has 6 heteroatoms. The van der Waals surface area contributed by atoms with Crippen LogP contribution in [-0.2, 0) is 20.8 Å². The highest BCUT2D eigenvalue weighted by molar-refractivity contribution is 6.01. The van der Waals surface area contributed by atoms with Gasteiger partial charge in [-0.2, -0.15) is 0 Å². The van der Waals surface area contributed by atoms with E-state index in [1.807, 2.05) is 66.7 Å². The number of carbonyl (C=O) groups is 2. The first kappa shape index (κ1) is 30.8. The highest BCUT2D eigenvalue weighted by Gasteiger charge is 2.43. The fraction of sp³-hybridized carbons (Fsp3) is 0.459. The maximum Gasteiger partial charge on any atom is 0.332 e. The highest BCUT2D eigenvalue weighted by atomic mass is 16.6. The van der Waals surface area contributed by atoms with Crippen LogP contribution < -0.4 is 4.90 Å². The third kappa shape index (κ3) is 7.30. The van der Waals surface area contributed by atoms with Crippen LogP contribution in [0.5, 0.6) is 0 Å². The lowest BCUT2D eigenvalue weighted by Crippen LogP contribution is -2.52. The Hall–Kier alpha value is -3.64. The average molecular weight is 583 g/mol. The van der Waals surface area contributed by atoms with Gasteiger partial charge in [-0.1, -0.05) is 54.6 Å². The van der Waals surface area contributed by atoms with Crippen molar-refractivity contribution >= 4 is 17.6 Å². The Bertz CT molecular complexity index is 1430. The summed E-state index contributed by atoms with van der Waals surface area (Å²) in [5.74, 6) is -0.0598. The van der Waals surface area contributed by atoms with Crippen LogP contribution in [0.2, 0.25) is 0 Å². The van der Waals surface area contributed by atoms with Crippen LogP contribution in [0.15, 0.2) is 72.8 Å². The lowest BCUT2D eigenvalue weighted by molar-refractivity contribution is -0.170. The zero-order valence-corrected chi connectivity index (χ0v) is 26.7. The number of hydrogen-bond acceptors (Lipinski definition) is 5. The molecule has 2 heterocycles. The number of piperidine rings is 1. The Morgan fingerprint density at radius 3 is 2.07 bits per heavy atom. The van der Waals surface area contributed by atoms with Gasteiger partial charge in [0.05, 0.1) is 11.7 Å². The Morgan fingerprint density at radius 1 is 0.837 bits per heavy atom. The molecule has 0 spiro atoms. The summed E-state index contributed by atoms with van der Waals surface area (Å²) in [6.45, 7) is 15.5. The topological polar surface area (TPSA) is 59.1 Å². The third-order valence-electron chi connectivity index (χ3n) is 8.24. The summed E-state index contributed by atoms with van der Waals surface area (Å²) < 4.78 is 12.0. The molecule has 2 aliphatic rings. The van der Waals surface area contributed by atoms with Crippen molar-refractivity contribution < 1.29 is 19.1 Å². The smallest absolute Gasteiger partial charge is 0.332 e. The fourth-order valence-corrected chi connectivity index (χ4v) is 6.36. The number of hydrogen-bond donors (Lipinski definition) is 0. The summed E-state index contributed by atoms with van der Waals surface area (Å²) in [6.07, 6.45) is 1.62. The number of fused-ring (bicyclic) bond motifs is 1. The number of amides is 1. The number of carbonyl (C=O) groups excluding carboxylic acids is 2. The third-order valence-corrected chi connectivity index (χ3v) is 8.24. The van der Waals surface area contributed by atoms with Gasteiger partial charge < -0.3 is 19.3 Å². The Balaban J connectivity index is 1.27.